The number of aromatic nitrogens is 4. The second kappa shape index (κ2) is 5.63. The van der Waals surface area contributed by atoms with Crippen molar-refractivity contribution in [1.29, 1.82) is 0 Å². The molecular weight excluding hydrogens is 384 g/mol. The Labute approximate surface area is 155 Å². The van der Waals surface area contributed by atoms with Gasteiger partial charge in [-0.25, -0.2) is 22.2 Å². The molecule has 2 aromatic rings. The van der Waals surface area contributed by atoms with E-state index in [4.69, 9.17) is 10.9 Å². The molecule has 4 N–H and O–H groups in total. The summed E-state index contributed by atoms with van der Waals surface area (Å²) >= 11 is 0. The van der Waals surface area contributed by atoms with E-state index >= 15 is 8.78 Å². The van der Waals surface area contributed by atoms with Crippen LogP contribution in [0.4, 0.5) is 17.6 Å². The number of nitrogens with two attached hydrogens (primary N) is 1. The zero-order valence-corrected chi connectivity index (χ0v) is 14.4. The number of nitrogens with zero attached hydrogens (tertiary/aromatic N) is 5. The van der Waals surface area contributed by atoms with Gasteiger partial charge in [0.2, 0.25) is 0 Å². The molecule has 1 unspecified atom stereocenters. The van der Waals surface area contributed by atoms with Crippen molar-refractivity contribution < 1.29 is 27.9 Å². The van der Waals surface area contributed by atoms with Gasteiger partial charge in [-0.1, -0.05) is 5.16 Å². The second-order valence-electron chi connectivity index (χ2n) is 7.64. The fourth-order valence-corrected chi connectivity index (χ4v) is 4.60. The molecule has 0 saturated heterocycles. The van der Waals surface area contributed by atoms with Gasteiger partial charge in [0, 0.05) is 22.5 Å². The van der Waals surface area contributed by atoms with Crippen LogP contribution in [0.25, 0.3) is 0 Å². The Balaban J connectivity index is 1.76. The molecule has 5 rings (SSSR count). The maximum atomic E-state index is 15.7. The van der Waals surface area contributed by atoms with Crippen LogP contribution in [-0.2, 0) is 12.1 Å². The monoisotopic (exact) mass is 400 g/mol. The van der Waals surface area contributed by atoms with E-state index < -0.39 is 46.1 Å². The first-order chi connectivity index (χ1) is 13.1. The van der Waals surface area contributed by atoms with Gasteiger partial charge in [-0.3, -0.25) is 0 Å². The quantitative estimate of drug-likeness (QED) is 0.221. The van der Waals surface area contributed by atoms with Crippen LogP contribution in [0.2, 0.25) is 0 Å². The van der Waals surface area contributed by atoms with E-state index in [0.717, 1.165) is 23.1 Å². The molecule has 1 aromatic heterocycles. The standard InChI is InChI=1S/C16H16F4N6O2/c17-9-1-2-10(11(18)3-9)15(27,7-26-8-22-24-25-26)16(19,20)14-4-13(5-14,6-14)12(21)23-28/h1-3,8,27-28H,4-7H2,(H2,21,23). The zero-order chi connectivity index (χ0) is 20.4. The normalized spacial score (nSPS) is 29.0. The first-order valence-corrected chi connectivity index (χ1v) is 8.34. The SMILES string of the molecule is N/C(=N\O)C12CC(C(F)(F)C(O)(Cn3cnnn3)c3ccc(F)cc3F)(C1)C2. The van der Waals surface area contributed by atoms with E-state index in [1.165, 1.54) is 0 Å². The summed E-state index contributed by atoms with van der Waals surface area (Å²) in [6.07, 6.45) is 0.596. The van der Waals surface area contributed by atoms with Crippen molar-refractivity contribution in [2.45, 2.75) is 37.3 Å². The summed E-state index contributed by atoms with van der Waals surface area (Å²) in [5, 5.41) is 33.0. The van der Waals surface area contributed by atoms with Crippen LogP contribution in [0, 0.1) is 22.5 Å². The van der Waals surface area contributed by atoms with Crippen molar-refractivity contribution in [2.75, 3.05) is 0 Å². The number of oxime groups is 1. The fraction of sp³-hybridized carbons (Fsp3) is 0.500. The van der Waals surface area contributed by atoms with Gasteiger partial charge in [0.25, 0.3) is 5.92 Å². The highest BCUT2D eigenvalue weighted by molar-refractivity contribution is 5.89. The molecule has 3 fully saturated rings. The average Bonchev–Trinajstić information content (AvgIpc) is 3.04. The lowest BCUT2D eigenvalue weighted by Gasteiger charge is -2.73. The van der Waals surface area contributed by atoms with Gasteiger partial charge >= 0.3 is 0 Å². The van der Waals surface area contributed by atoms with Gasteiger partial charge in [0.05, 0.1) is 6.54 Å². The summed E-state index contributed by atoms with van der Waals surface area (Å²) in [4.78, 5) is 0. The van der Waals surface area contributed by atoms with Gasteiger partial charge in [-0.2, -0.15) is 0 Å². The Morgan fingerprint density at radius 1 is 1.29 bits per heavy atom. The lowest BCUT2D eigenvalue weighted by atomic mass is 9.31. The summed E-state index contributed by atoms with van der Waals surface area (Å²) in [6, 6.07) is 2.00. The lowest BCUT2D eigenvalue weighted by molar-refractivity contribution is -0.353. The van der Waals surface area contributed by atoms with Crippen molar-refractivity contribution in [2.24, 2.45) is 21.7 Å². The molecule has 3 aliphatic rings. The maximum absolute atomic E-state index is 15.7. The first-order valence-electron chi connectivity index (χ1n) is 8.34. The predicted molar refractivity (Wildman–Crippen MR) is 85.1 cm³/mol. The van der Waals surface area contributed by atoms with E-state index in [9.17, 15) is 13.9 Å². The van der Waals surface area contributed by atoms with Gasteiger partial charge in [-0.15, -0.1) is 5.10 Å². The van der Waals surface area contributed by atoms with Crippen molar-refractivity contribution in [1.82, 2.24) is 20.2 Å². The van der Waals surface area contributed by atoms with E-state index in [1.807, 2.05) is 0 Å². The predicted octanol–water partition coefficient (Wildman–Crippen LogP) is 1.39. The maximum Gasteiger partial charge on any atom is 0.287 e. The first kappa shape index (κ1) is 18.6. The minimum Gasteiger partial charge on any atom is -0.409 e. The Bertz CT molecular complexity index is 931. The summed E-state index contributed by atoms with van der Waals surface area (Å²) in [7, 11) is 0. The van der Waals surface area contributed by atoms with Crippen LogP contribution in [0.1, 0.15) is 24.8 Å². The Morgan fingerprint density at radius 2 is 1.96 bits per heavy atom. The Hall–Kier alpha value is -2.76. The number of halogens is 4. The summed E-state index contributed by atoms with van der Waals surface area (Å²) in [5.41, 5.74) is -0.768. The molecule has 3 saturated carbocycles. The van der Waals surface area contributed by atoms with E-state index in [-0.39, 0.29) is 25.1 Å². The summed E-state index contributed by atoms with van der Waals surface area (Å²) in [5.74, 6) is -6.27. The van der Waals surface area contributed by atoms with Crippen LogP contribution >= 0.6 is 0 Å². The highest BCUT2D eigenvalue weighted by Crippen LogP contribution is 2.80. The summed E-state index contributed by atoms with van der Waals surface area (Å²) in [6.45, 7) is -0.853. The van der Waals surface area contributed by atoms with Crippen LogP contribution in [-0.4, -0.2) is 42.3 Å². The average molecular weight is 400 g/mol. The number of benzene rings is 1. The van der Waals surface area contributed by atoms with Crippen molar-refractivity contribution >= 4 is 5.84 Å². The van der Waals surface area contributed by atoms with Crippen molar-refractivity contribution in [3.05, 3.63) is 41.7 Å². The molecule has 0 amide bonds. The fourth-order valence-electron chi connectivity index (χ4n) is 4.60. The molecule has 0 spiro atoms. The van der Waals surface area contributed by atoms with Gasteiger partial charge < -0.3 is 16.0 Å². The molecule has 1 aromatic carbocycles. The van der Waals surface area contributed by atoms with E-state index in [1.54, 1.807) is 0 Å². The Kier molecular flexibility index (Phi) is 3.74. The molecule has 1 atom stereocenters. The second-order valence-corrected chi connectivity index (χ2v) is 7.64. The minimum atomic E-state index is -3.85. The van der Waals surface area contributed by atoms with Gasteiger partial charge in [0.1, 0.15) is 23.8 Å². The van der Waals surface area contributed by atoms with E-state index in [0.29, 0.717) is 6.07 Å². The number of rotatable bonds is 6. The topological polar surface area (TPSA) is 122 Å². The highest BCUT2D eigenvalue weighted by Gasteiger charge is 2.83. The van der Waals surface area contributed by atoms with Gasteiger partial charge in [-0.05, 0) is 41.8 Å². The molecule has 0 aliphatic heterocycles. The molecular formula is C16H16F4N6O2. The molecule has 28 heavy (non-hydrogen) atoms. The minimum absolute atomic E-state index is 0.135. The number of alkyl halides is 2. The highest BCUT2D eigenvalue weighted by atomic mass is 19.3. The number of amidine groups is 1. The molecule has 8 nitrogen and oxygen atoms in total. The Morgan fingerprint density at radius 3 is 2.50 bits per heavy atom. The molecule has 12 heteroatoms. The van der Waals surface area contributed by atoms with Crippen molar-refractivity contribution in [3.8, 4) is 0 Å². The molecule has 150 valence electrons. The summed E-state index contributed by atoms with van der Waals surface area (Å²) < 4.78 is 60.0. The number of tetrazole rings is 1. The lowest BCUT2D eigenvalue weighted by Crippen LogP contribution is -2.77. The van der Waals surface area contributed by atoms with Crippen LogP contribution in [0.5, 0.6) is 0 Å². The number of hydrogen-bond donors (Lipinski definition) is 3. The third-order valence-electron chi connectivity index (χ3n) is 6.03. The molecule has 3 aliphatic carbocycles. The molecule has 2 bridgehead atoms. The smallest absolute Gasteiger partial charge is 0.287 e. The largest absolute Gasteiger partial charge is 0.409 e. The zero-order valence-electron chi connectivity index (χ0n) is 14.4. The third-order valence-corrected chi connectivity index (χ3v) is 6.03. The molecule has 1 heterocycles. The number of hydrogen-bond acceptors (Lipinski definition) is 6. The van der Waals surface area contributed by atoms with Crippen LogP contribution in [0.3, 0.4) is 0 Å². The van der Waals surface area contributed by atoms with Crippen LogP contribution in [0.15, 0.2) is 29.7 Å². The van der Waals surface area contributed by atoms with Crippen LogP contribution < -0.4 is 5.73 Å². The third kappa shape index (κ3) is 2.20. The van der Waals surface area contributed by atoms with E-state index in [2.05, 4.69) is 20.7 Å². The van der Waals surface area contributed by atoms with Crippen molar-refractivity contribution in [3.63, 3.8) is 0 Å². The number of aliphatic hydroxyl groups is 1. The molecule has 0 radical (unpaired) electrons. The van der Waals surface area contributed by atoms with Gasteiger partial charge in [0.15, 0.2) is 5.60 Å².